The number of hydrogen-bond acceptors (Lipinski definition) is 4. The zero-order chi connectivity index (χ0) is 13.1. The Hall–Kier alpha value is -2.02. The molecular weight excluding hydrogens is 254 g/mol. The molecular formula is C11H12N3O3S+. The summed E-state index contributed by atoms with van der Waals surface area (Å²) in [6, 6.07) is 7.51. The number of carbonyl (C=O) groups is 1. The summed E-state index contributed by atoms with van der Waals surface area (Å²) in [5, 5.41) is 2.78. The van der Waals surface area contributed by atoms with Crippen molar-refractivity contribution in [3.63, 3.8) is 0 Å². The Kier molecular flexibility index (Phi) is 3.52. The number of rotatable bonds is 4. The van der Waals surface area contributed by atoms with E-state index in [9.17, 15) is 9.59 Å². The van der Waals surface area contributed by atoms with Crippen LogP contribution in [0.4, 0.5) is 0 Å². The third kappa shape index (κ3) is 2.62. The van der Waals surface area contributed by atoms with E-state index in [4.69, 9.17) is 10.3 Å². The van der Waals surface area contributed by atoms with Gasteiger partial charge in [0.05, 0.1) is 5.75 Å². The second-order valence-corrected chi connectivity index (χ2v) is 4.68. The second-order valence-electron chi connectivity index (χ2n) is 3.71. The predicted octanol–water partition coefficient (Wildman–Crippen LogP) is 0.130. The van der Waals surface area contributed by atoms with Crippen molar-refractivity contribution in [1.82, 2.24) is 5.27 Å². The molecule has 0 fully saturated rings. The van der Waals surface area contributed by atoms with Crippen LogP contribution in [0.2, 0.25) is 0 Å². The number of carbonyl (C=O) groups excluding carboxylic acids is 1. The van der Waals surface area contributed by atoms with Crippen molar-refractivity contribution < 1.29 is 14.0 Å². The van der Waals surface area contributed by atoms with Crippen molar-refractivity contribution in [1.29, 1.82) is 0 Å². The van der Waals surface area contributed by atoms with Gasteiger partial charge in [0.2, 0.25) is 11.6 Å². The van der Waals surface area contributed by atoms with Gasteiger partial charge in [-0.05, 0) is 28.6 Å². The number of benzene rings is 1. The van der Waals surface area contributed by atoms with Crippen molar-refractivity contribution in [2.24, 2.45) is 5.73 Å². The lowest BCUT2D eigenvalue weighted by Crippen LogP contribution is -2.36. The number of aromatic nitrogens is 2. The first-order chi connectivity index (χ1) is 8.58. The van der Waals surface area contributed by atoms with Crippen molar-refractivity contribution in [2.45, 2.75) is 11.9 Å². The van der Waals surface area contributed by atoms with Crippen LogP contribution in [0.5, 0.6) is 0 Å². The zero-order valence-corrected chi connectivity index (χ0v) is 10.5. The molecule has 0 aliphatic rings. The molecule has 1 aromatic heterocycles. The first kappa shape index (κ1) is 12.4. The fourth-order valence-electron chi connectivity index (χ4n) is 1.39. The Labute approximate surface area is 107 Å². The molecule has 0 aliphatic heterocycles. The van der Waals surface area contributed by atoms with Crippen LogP contribution < -0.4 is 16.0 Å². The third-order valence-electron chi connectivity index (χ3n) is 2.25. The summed E-state index contributed by atoms with van der Waals surface area (Å²) in [6.07, 6.45) is 0. The highest BCUT2D eigenvalue weighted by Crippen LogP contribution is 2.10. The maximum atomic E-state index is 11.5. The summed E-state index contributed by atoms with van der Waals surface area (Å²) in [4.78, 5) is 22.2. The smallest absolute Gasteiger partial charge is 0.369 e. The Morgan fingerprint density at radius 1 is 1.44 bits per heavy atom. The molecule has 94 valence electrons. The molecule has 1 heterocycles. The lowest BCUT2D eigenvalue weighted by atomic mass is 10.2. The molecule has 0 spiro atoms. The van der Waals surface area contributed by atoms with E-state index in [0.717, 1.165) is 23.0 Å². The monoisotopic (exact) mass is 266 g/mol. The minimum absolute atomic E-state index is 0.0223. The largest absolute Gasteiger partial charge is 0.442 e. The summed E-state index contributed by atoms with van der Waals surface area (Å²) in [6.45, 7) is 1.97. The number of nitrogens with zero attached hydrogens (tertiary/aromatic N) is 1. The Morgan fingerprint density at radius 3 is 2.72 bits per heavy atom. The van der Waals surface area contributed by atoms with Crippen LogP contribution >= 0.6 is 11.8 Å². The SMILES string of the molecule is Cc1ccc(-[n+]2[nH]oc(=O)c2SCC(N)=O)cc1. The quantitative estimate of drug-likeness (QED) is 0.607. The zero-order valence-electron chi connectivity index (χ0n) is 9.67. The third-order valence-corrected chi connectivity index (χ3v) is 3.30. The molecule has 18 heavy (non-hydrogen) atoms. The standard InChI is InChI=1S/C11H11N3O3S/c1-7-2-4-8(5-3-7)14-10(11(16)17-13-14)18-6-9(12)15/h2-5H,6H2,1H3,(H2-,12,13,15,16)/p+1. The van der Waals surface area contributed by atoms with Gasteiger partial charge in [0.15, 0.2) is 0 Å². The van der Waals surface area contributed by atoms with E-state index in [0.29, 0.717) is 0 Å². The molecule has 0 radical (unpaired) electrons. The van der Waals surface area contributed by atoms with E-state index in [1.54, 1.807) is 0 Å². The van der Waals surface area contributed by atoms with Gasteiger partial charge >= 0.3 is 10.7 Å². The molecule has 0 atom stereocenters. The fraction of sp³-hybridized carbons (Fsp3) is 0.182. The number of primary amides is 1. The molecule has 0 saturated carbocycles. The Morgan fingerprint density at radius 2 is 2.11 bits per heavy atom. The minimum Gasteiger partial charge on any atom is -0.369 e. The molecule has 3 N–H and O–H groups in total. The average Bonchev–Trinajstić information content (AvgIpc) is 2.69. The maximum Gasteiger partial charge on any atom is 0.442 e. The van der Waals surface area contributed by atoms with Crippen LogP contribution in [0, 0.1) is 6.92 Å². The number of thioether (sulfide) groups is 1. The Balaban J connectivity index is 2.36. The van der Waals surface area contributed by atoms with E-state index in [1.807, 2.05) is 31.2 Å². The number of amides is 1. The molecule has 0 saturated heterocycles. The molecule has 1 aromatic carbocycles. The lowest BCUT2D eigenvalue weighted by molar-refractivity contribution is -0.704. The fourth-order valence-corrected chi connectivity index (χ4v) is 2.10. The number of hydrogen-bond donors (Lipinski definition) is 2. The van der Waals surface area contributed by atoms with Crippen LogP contribution in [0.15, 0.2) is 38.6 Å². The molecule has 0 aliphatic carbocycles. The molecule has 1 amide bonds. The highest BCUT2D eigenvalue weighted by Gasteiger charge is 2.24. The molecule has 0 unspecified atom stereocenters. The van der Waals surface area contributed by atoms with Crippen LogP contribution in [0.3, 0.4) is 0 Å². The van der Waals surface area contributed by atoms with Gasteiger partial charge in [-0.25, -0.2) is 4.79 Å². The van der Waals surface area contributed by atoms with Gasteiger partial charge < -0.3 is 5.73 Å². The van der Waals surface area contributed by atoms with Gasteiger partial charge in [-0.15, -0.1) is 0 Å². The van der Waals surface area contributed by atoms with E-state index in [2.05, 4.69) is 5.27 Å². The number of H-pyrrole nitrogens is 1. The number of nitrogens with one attached hydrogen (secondary N) is 1. The molecule has 0 bridgehead atoms. The summed E-state index contributed by atoms with van der Waals surface area (Å²) < 4.78 is 6.20. The normalized spacial score (nSPS) is 10.5. The summed E-state index contributed by atoms with van der Waals surface area (Å²) in [5.41, 5.74) is 6.39. The topological polar surface area (TPSA) is 93.0 Å². The van der Waals surface area contributed by atoms with Gasteiger partial charge in [0, 0.05) is 12.1 Å². The Bertz CT molecular complexity index is 615. The summed E-state index contributed by atoms with van der Waals surface area (Å²) >= 11 is 1.04. The summed E-state index contributed by atoms with van der Waals surface area (Å²) in [5.74, 6) is -0.467. The van der Waals surface area contributed by atoms with E-state index in [-0.39, 0.29) is 10.8 Å². The van der Waals surface area contributed by atoms with E-state index < -0.39 is 11.5 Å². The van der Waals surface area contributed by atoms with Gasteiger partial charge in [-0.3, -0.25) is 9.32 Å². The molecule has 7 heteroatoms. The molecule has 6 nitrogen and oxygen atoms in total. The van der Waals surface area contributed by atoms with Gasteiger partial charge in [-0.2, -0.15) is 0 Å². The second kappa shape index (κ2) is 5.09. The predicted molar refractivity (Wildman–Crippen MR) is 65.5 cm³/mol. The van der Waals surface area contributed by atoms with Gasteiger partial charge in [0.1, 0.15) is 0 Å². The van der Waals surface area contributed by atoms with E-state index in [1.165, 1.54) is 4.68 Å². The molecule has 2 rings (SSSR count). The average molecular weight is 266 g/mol. The summed E-state index contributed by atoms with van der Waals surface area (Å²) in [7, 11) is 0. The van der Waals surface area contributed by atoms with Crippen molar-refractivity contribution in [3.05, 3.63) is 40.2 Å². The van der Waals surface area contributed by atoms with Crippen LogP contribution in [0.25, 0.3) is 5.69 Å². The van der Waals surface area contributed by atoms with E-state index >= 15 is 0 Å². The van der Waals surface area contributed by atoms with Crippen LogP contribution in [0.1, 0.15) is 5.56 Å². The number of nitrogens with two attached hydrogens (primary N) is 1. The maximum absolute atomic E-state index is 11.5. The van der Waals surface area contributed by atoms with Crippen molar-refractivity contribution in [3.8, 4) is 5.69 Å². The number of aromatic amines is 1. The first-order valence-electron chi connectivity index (χ1n) is 5.19. The van der Waals surface area contributed by atoms with Crippen molar-refractivity contribution >= 4 is 17.7 Å². The highest BCUT2D eigenvalue weighted by atomic mass is 32.2. The van der Waals surface area contributed by atoms with Crippen LogP contribution in [-0.2, 0) is 4.79 Å². The van der Waals surface area contributed by atoms with Crippen LogP contribution in [-0.4, -0.2) is 16.9 Å². The van der Waals surface area contributed by atoms with Crippen molar-refractivity contribution in [2.75, 3.05) is 5.75 Å². The minimum atomic E-state index is -0.526. The van der Waals surface area contributed by atoms with Gasteiger partial charge in [0.25, 0.3) is 0 Å². The lowest BCUT2D eigenvalue weighted by Gasteiger charge is -1.94. The highest BCUT2D eigenvalue weighted by molar-refractivity contribution is 7.99. The number of aryl methyl sites for hydroxylation is 1. The molecule has 2 aromatic rings. The van der Waals surface area contributed by atoms with Gasteiger partial charge in [-0.1, -0.05) is 17.7 Å². The first-order valence-corrected chi connectivity index (χ1v) is 6.18.